The van der Waals surface area contributed by atoms with Crippen LogP contribution in [-0.4, -0.2) is 40.7 Å². The fourth-order valence-electron chi connectivity index (χ4n) is 3.09. The molecular weight excluding hydrogens is 308 g/mol. The number of methoxy groups -OCH3 is 1. The van der Waals surface area contributed by atoms with E-state index in [-0.39, 0.29) is 18.5 Å². The van der Waals surface area contributed by atoms with Crippen LogP contribution in [0.1, 0.15) is 47.7 Å². The van der Waals surface area contributed by atoms with Gasteiger partial charge in [0.15, 0.2) is 11.6 Å². The zero-order valence-electron chi connectivity index (χ0n) is 13.9. The number of ether oxygens (including phenoxy) is 1. The van der Waals surface area contributed by atoms with E-state index in [1.807, 2.05) is 31.2 Å². The third-order valence-electron chi connectivity index (χ3n) is 4.25. The molecule has 6 heteroatoms. The van der Waals surface area contributed by atoms with Crippen molar-refractivity contribution in [3.05, 3.63) is 47.7 Å². The first-order valence-corrected chi connectivity index (χ1v) is 8.19. The molecule has 0 radical (unpaired) electrons. The number of carbonyl (C=O) groups is 1. The van der Waals surface area contributed by atoms with Crippen LogP contribution in [0.2, 0.25) is 0 Å². The molecular formula is C18H22N2O4. The number of nitrogens with zero attached hydrogens (tertiary/aromatic N) is 2. The Morgan fingerprint density at radius 1 is 1.50 bits per heavy atom. The maximum absolute atomic E-state index is 12.8. The van der Waals surface area contributed by atoms with Crippen molar-refractivity contribution in [1.29, 1.82) is 0 Å². The highest BCUT2D eigenvalue weighted by molar-refractivity contribution is 5.92. The molecule has 0 spiro atoms. The number of carbonyl (C=O) groups excluding carboxylic acids is 1. The van der Waals surface area contributed by atoms with Crippen LogP contribution in [0.4, 0.5) is 0 Å². The Hall–Kier alpha value is -2.34. The number of aliphatic hydroxyl groups excluding tert-OH is 1. The minimum Gasteiger partial charge on any atom is -0.497 e. The average molecular weight is 330 g/mol. The number of hydrogen-bond donors (Lipinski definition) is 1. The summed E-state index contributed by atoms with van der Waals surface area (Å²) in [6.45, 7) is 2.32. The molecule has 1 N–H and O–H groups in total. The monoisotopic (exact) mass is 330 g/mol. The molecule has 1 aliphatic heterocycles. The number of aromatic nitrogens is 1. The van der Waals surface area contributed by atoms with E-state index in [4.69, 9.17) is 9.15 Å². The minimum atomic E-state index is -0.549. The van der Waals surface area contributed by atoms with Gasteiger partial charge >= 0.3 is 0 Å². The van der Waals surface area contributed by atoms with Crippen molar-refractivity contribution < 1.29 is 19.1 Å². The van der Waals surface area contributed by atoms with Gasteiger partial charge in [-0.05, 0) is 30.5 Å². The van der Waals surface area contributed by atoms with E-state index in [0.29, 0.717) is 24.4 Å². The quantitative estimate of drug-likeness (QED) is 0.912. The molecule has 128 valence electrons. The van der Waals surface area contributed by atoms with Gasteiger partial charge in [0.2, 0.25) is 0 Å². The van der Waals surface area contributed by atoms with E-state index in [0.717, 1.165) is 17.7 Å². The largest absolute Gasteiger partial charge is 0.497 e. The number of oxazole rings is 1. The van der Waals surface area contributed by atoms with Gasteiger partial charge in [-0.2, -0.15) is 0 Å². The summed E-state index contributed by atoms with van der Waals surface area (Å²) in [5, 5.41) is 10.1. The standard InChI is InChI=1S/C18H22N2O4/c1-3-5-17-19-15(11-24-17)18(22)20-10-13(21)9-16(20)12-6-4-7-14(8-12)23-2/h4,6-8,11,13,16,21H,3,5,9-10H2,1-2H3/t13-,16+/m0/s1. The van der Waals surface area contributed by atoms with Crippen molar-refractivity contribution in [3.8, 4) is 5.75 Å². The Kier molecular flexibility index (Phi) is 4.85. The first kappa shape index (κ1) is 16.5. The SMILES string of the molecule is CCCc1nc(C(=O)N2C[C@@H](O)C[C@@H]2c2cccc(OC)c2)co1. The number of β-amino-alcohol motifs (C(OH)–C–C–N with tert-alkyl or cyclic N) is 1. The van der Waals surface area contributed by atoms with Crippen LogP contribution < -0.4 is 4.74 Å². The van der Waals surface area contributed by atoms with E-state index in [9.17, 15) is 9.90 Å². The van der Waals surface area contributed by atoms with E-state index in [1.54, 1.807) is 12.0 Å². The van der Waals surface area contributed by atoms with Gasteiger partial charge in [0.05, 0.1) is 19.3 Å². The fraction of sp³-hybridized carbons (Fsp3) is 0.444. The summed E-state index contributed by atoms with van der Waals surface area (Å²) in [6, 6.07) is 7.38. The fourth-order valence-corrected chi connectivity index (χ4v) is 3.09. The van der Waals surface area contributed by atoms with Gasteiger partial charge in [-0.1, -0.05) is 19.1 Å². The number of likely N-dealkylation sites (tertiary alicyclic amines) is 1. The van der Waals surface area contributed by atoms with Gasteiger partial charge < -0.3 is 19.2 Å². The molecule has 0 bridgehead atoms. The molecule has 1 amide bonds. The lowest BCUT2D eigenvalue weighted by molar-refractivity contribution is 0.0709. The molecule has 2 heterocycles. The highest BCUT2D eigenvalue weighted by Gasteiger charge is 2.36. The van der Waals surface area contributed by atoms with Gasteiger partial charge in [0, 0.05) is 13.0 Å². The van der Waals surface area contributed by atoms with Crippen LogP contribution in [0.15, 0.2) is 34.9 Å². The van der Waals surface area contributed by atoms with Crippen LogP contribution in [0.5, 0.6) is 5.75 Å². The Bertz CT molecular complexity index is 713. The minimum absolute atomic E-state index is 0.200. The molecule has 0 saturated carbocycles. The third-order valence-corrected chi connectivity index (χ3v) is 4.25. The van der Waals surface area contributed by atoms with Crippen molar-refractivity contribution in [2.24, 2.45) is 0 Å². The molecule has 1 fully saturated rings. The van der Waals surface area contributed by atoms with Crippen molar-refractivity contribution in [2.45, 2.75) is 38.3 Å². The van der Waals surface area contributed by atoms with Crippen LogP contribution in [0, 0.1) is 0 Å². The highest BCUT2D eigenvalue weighted by atomic mass is 16.5. The third kappa shape index (κ3) is 3.28. The van der Waals surface area contributed by atoms with Crippen LogP contribution in [-0.2, 0) is 6.42 Å². The predicted molar refractivity (Wildman–Crippen MR) is 87.9 cm³/mol. The second-order valence-corrected chi connectivity index (χ2v) is 6.02. The summed E-state index contributed by atoms with van der Waals surface area (Å²) in [6.07, 6.45) is 2.96. The van der Waals surface area contributed by atoms with E-state index in [2.05, 4.69) is 4.98 Å². The summed E-state index contributed by atoms with van der Waals surface area (Å²) >= 11 is 0. The van der Waals surface area contributed by atoms with Gasteiger partial charge in [0.25, 0.3) is 5.91 Å². The predicted octanol–water partition coefficient (Wildman–Crippen LogP) is 2.58. The van der Waals surface area contributed by atoms with Gasteiger partial charge in [0.1, 0.15) is 12.0 Å². The van der Waals surface area contributed by atoms with Crippen LogP contribution in [0.25, 0.3) is 0 Å². The van der Waals surface area contributed by atoms with Crippen molar-refractivity contribution in [3.63, 3.8) is 0 Å². The molecule has 0 unspecified atom stereocenters. The Morgan fingerprint density at radius 2 is 2.33 bits per heavy atom. The number of rotatable bonds is 5. The molecule has 1 saturated heterocycles. The highest BCUT2D eigenvalue weighted by Crippen LogP contribution is 2.34. The van der Waals surface area contributed by atoms with Gasteiger partial charge in [-0.15, -0.1) is 0 Å². The molecule has 1 aliphatic rings. The van der Waals surface area contributed by atoms with E-state index >= 15 is 0 Å². The molecule has 3 rings (SSSR count). The zero-order chi connectivity index (χ0) is 17.1. The lowest BCUT2D eigenvalue weighted by Crippen LogP contribution is -2.32. The van der Waals surface area contributed by atoms with E-state index < -0.39 is 6.10 Å². The number of benzene rings is 1. The lowest BCUT2D eigenvalue weighted by Gasteiger charge is -2.24. The zero-order valence-corrected chi connectivity index (χ0v) is 13.9. The van der Waals surface area contributed by atoms with Gasteiger partial charge in [-0.25, -0.2) is 4.98 Å². The molecule has 1 aromatic heterocycles. The molecule has 0 aliphatic carbocycles. The first-order valence-electron chi connectivity index (χ1n) is 8.19. The van der Waals surface area contributed by atoms with E-state index in [1.165, 1.54) is 6.26 Å². The lowest BCUT2D eigenvalue weighted by atomic mass is 10.0. The maximum Gasteiger partial charge on any atom is 0.276 e. The Balaban J connectivity index is 1.85. The smallest absolute Gasteiger partial charge is 0.276 e. The summed E-state index contributed by atoms with van der Waals surface area (Å²) in [5.41, 5.74) is 1.23. The molecule has 6 nitrogen and oxygen atoms in total. The van der Waals surface area contributed by atoms with Crippen molar-refractivity contribution in [1.82, 2.24) is 9.88 Å². The number of hydrogen-bond acceptors (Lipinski definition) is 5. The normalized spacial score (nSPS) is 20.4. The molecule has 2 aromatic rings. The second kappa shape index (κ2) is 7.05. The van der Waals surface area contributed by atoms with Crippen LogP contribution >= 0.6 is 0 Å². The number of amides is 1. The summed E-state index contributed by atoms with van der Waals surface area (Å²) < 4.78 is 10.6. The summed E-state index contributed by atoms with van der Waals surface area (Å²) in [7, 11) is 1.61. The van der Waals surface area contributed by atoms with Crippen molar-refractivity contribution >= 4 is 5.91 Å². The number of aliphatic hydroxyl groups is 1. The summed E-state index contributed by atoms with van der Waals surface area (Å²) in [4.78, 5) is 18.7. The average Bonchev–Trinajstić information content (AvgIpc) is 3.21. The molecule has 1 aromatic carbocycles. The maximum atomic E-state index is 12.8. The first-order chi connectivity index (χ1) is 11.6. The molecule has 2 atom stereocenters. The molecule has 24 heavy (non-hydrogen) atoms. The summed E-state index contributed by atoms with van der Waals surface area (Å²) in [5.74, 6) is 1.08. The second-order valence-electron chi connectivity index (χ2n) is 6.02. The topological polar surface area (TPSA) is 75.8 Å². The Labute approximate surface area is 141 Å². The Morgan fingerprint density at radius 3 is 3.08 bits per heavy atom. The number of aryl methyl sites for hydroxylation is 1. The van der Waals surface area contributed by atoms with Gasteiger partial charge in [-0.3, -0.25) is 4.79 Å². The van der Waals surface area contributed by atoms with Crippen LogP contribution in [0.3, 0.4) is 0 Å². The van der Waals surface area contributed by atoms with Crippen molar-refractivity contribution in [2.75, 3.05) is 13.7 Å².